The average molecular weight is 267 g/mol. The molecular formula is C11H15ClN6. The number of benzene rings is 1. The van der Waals surface area contributed by atoms with Crippen molar-refractivity contribution in [3.8, 4) is 0 Å². The van der Waals surface area contributed by atoms with E-state index >= 15 is 0 Å². The van der Waals surface area contributed by atoms with Gasteiger partial charge in [0.05, 0.1) is 6.04 Å². The van der Waals surface area contributed by atoms with Gasteiger partial charge in [0.1, 0.15) is 0 Å². The summed E-state index contributed by atoms with van der Waals surface area (Å²) < 4.78 is 0. The number of halogens is 1. The fourth-order valence-corrected chi connectivity index (χ4v) is 1.72. The van der Waals surface area contributed by atoms with E-state index in [4.69, 9.17) is 17.3 Å². The molecule has 2 rings (SSSR count). The standard InChI is InChI=1S/C11H15ClN6/c12-5-6-14-9-3-1-8(2-4-9)7-10(13)11-15-17-18-16-11/h1-4,10,14H,5-7,13H2,(H,15,16,17,18). The van der Waals surface area contributed by atoms with E-state index in [1.807, 2.05) is 24.3 Å². The largest absolute Gasteiger partial charge is 0.384 e. The Morgan fingerprint density at radius 1 is 1.33 bits per heavy atom. The molecule has 1 aromatic carbocycles. The first kappa shape index (κ1) is 12.8. The minimum absolute atomic E-state index is 0.221. The quantitative estimate of drug-likeness (QED) is 0.681. The molecule has 2 aromatic rings. The maximum absolute atomic E-state index is 5.98. The molecule has 6 nitrogen and oxygen atoms in total. The summed E-state index contributed by atoms with van der Waals surface area (Å²) in [5, 5.41) is 16.7. The minimum Gasteiger partial charge on any atom is -0.384 e. The summed E-state index contributed by atoms with van der Waals surface area (Å²) in [5.41, 5.74) is 8.17. The maximum Gasteiger partial charge on any atom is 0.165 e. The van der Waals surface area contributed by atoms with Crippen LogP contribution in [0.3, 0.4) is 0 Å². The highest BCUT2D eigenvalue weighted by molar-refractivity contribution is 6.18. The van der Waals surface area contributed by atoms with Crippen molar-refractivity contribution in [3.63, 3.8) is 0 Å². The Morgan fingerprint density at radius 3 is 2.72 bits per heavy atom. The third-order valence-electron chi connectivity index (χ3n) is 2.55. The number of rotatable bonds is 6. The molecule has 0 saturated carbocycles. The highest BCUT2D eigenvalue weighted by Gasteiger charge is 2.10. The van der Waals surface area contributed by atoms with Gasteiger partial charge in [-0.25, -0.2) is 5.10 Å². The van der Waals surface area contributed by atoms with Crippen molar-refractivity contribution in [2.75, 3.05) is 17.7 Å². The number of nitrogens with one attached hydrogen (secondary N) is 2. The second-order valence-electron chi connectivity index (χ2n) is 3.91. The van der Waals surface area contributed by atoms with Crippen LogP contribution in [-0.4, -0.2) is 33.0 Å². The maximum atomic E-state index is 5.98. The number of anilines is 1. The van der Waals surface area contributed by atoms with Gasteiger partial charge in [0, 0.05) is 18.1 Å². The van der Waals surface area contributed by atoms with E-state index in [1.54, 1.807) is 0 Å². The van der Waals surface area contributed by atoms with E-state index < -0.39 is 0 Å². The molecule has 1 unspecified atom stereocenters. The molecule has 0 bridgehead atoms. The van der Waals surface area contributed by atoms with Crippen LogP contribution in [0.4, 0.5) is 5.69 Å². The van der Waals surface area contributed by atoms with Crippen LogP contribution in [0.1, 0.15) is 17.4 Å². The van der Waals surface area contributed by atoms with Crippen molar-refractivity contribution in [1.82, 2.24) is 20.6 Å². The Labute approximate surface area is 110 Å². The van der Waals surface area contributed by atoms with Gasteiger partial charge in [-0.1, -0.05) is 12.1 Å². The Balaban J connectivity index is 1.93. The SMILES string of the molecule is NC(Cc1ccc(NCCCl)cc1)c1nnn[nH]1. The van der Waals surface area contributed by atoms with Crippen molar-refractivity contribution in [2.24, 2.45) is 5.73 Å². The Kier molecular flexibility index (Phi) is 4.49. The molecule has 1 atom stereocenters. The summed E-state index contributed by atoms with van der Waals surface area (Å²) in [5.74, 6) is 1.19. The first-order chi connectivity index (χ1) is 8.79. The van der Waals surface area contributed by atoms with E-state index in [0.717, 1.165) is 17.8 Å². The zero-order valence-electron chi connectivity index (χ0n) is 9.81. The summed E-state index contributed by atoms with van der Waals surface area (Å²) in [7, 11) is 0. The van der Waals surface area contributed by atoms with Crippen molar-refractivity contribution < 1.29 is 0 Å². The van der Waals surface area contributed by atoms with Gasteiger partial charge in [-0.3, -0.25) is 0 Å². The molecule has 0 aliphatic carbocycles. The van der Waals surface area contributed by atoms with Crippen molar-refractivity contribution in [2.45, 2.75) is 12.5 Å². The van der Waals surface area contributed by atoms with Crippen LogP contribution in [-0.2, 0) is 6.42 Å². The van der Waals surface area contributed by atoms with Gasteiger partial charge in [-0.05, 0) is 34.5 Å². The van der Waals surface area contributed by atoms with E-state index in [2.05, 4.69) is 25.9 Å². The normalized spacial score (nSPS) is 12.3. The summed E-state index contributed by atoms with van der Waals surface area (Å²) in [4.78, 5) is 0. The molecule has 18 heavy (non-hydrogen) atoms. The number of tetrazole rings is 1. The predicted octanol–water partition coefficient (Wildman–Crippen LogP) is 1.09. The van der Waals surface area contributed by atoms with Crippen LogP contribution in [0.2, 0.25) is 0 Å². The van der Waals surface area contributed by atoms with Crippen LogP contribution in [0, 0.1) is 0 Å². The van der Waals surface area contributed by atoms with Crippen LogP contribution >= 0.6 is 11.6 Å². The Bertz CT molecular complexity index is 455. The molecule has 0 radical (unpaired) electrons. The van der Waals surface area contributed by atoms with E-state index in [9.17, 15) is 0 Å². The third kappa shape index (κ3) is 3.41. The molecule has 1 aromatic heterocycles. The van der Waals surface area contributed by atoms with Crippen molar-refractivity contribution in [1.29, 1.82) is 0 Å². The lowest BCUT2D eigenvalue weighted by Crippen LogP contribution is -2.15. The van der Waals surface area contributed by atoms with E-state index in [-0.39, 0.29) is 6.04 Å². The molecular weight excluding hydrogens is 252 g/mol. The zero-order chi connectivity index (χ0) is 12.8. The highest BCUT2D eigenvalue weighted by Crippen LogP contribution is 2.14. The lowest BCUT2D eigenvalue weighted by molar-refractivity contribution is 0.669. The first-order valence-electron chi connectivity index (χ1n) is 5.67. The number of aromatic amines is 1. The van der Waals surface area contributed by atoms with Gasteiger partial charge in [-0.2, -0.15) is 0 Å². The number of nitrogens with two attached hydrogens (primary N) is 1. The van der Waals surface area contributed by atoms with Crippen molar-refractivity contribution in [3.05, 3.63) is 35.7 Å². The van der Waals surface area contributed by atoms with Crippen molar-refractivity contribution >= 4 is 17.3 Å². The predicted molar refractivity (Wildman–Crippen MR) is 70.5 cm³/mol. The topological polar surface area (TPSA) is 92.5 Å². The number of aromatic nitrogens is 4. The average Bonchev–Trinajstić information content (AvgIpc) is 2.92. The fourth-order valence-electron chi connectivity index (χ4n) is 1.62. The second-order valence-corrected chi connectivity index (χ2v) is 4.29. The number of alkyl halides is 1. The molecule has 1 heterocycles. The number of nitrogens with zero attached hydrogens (tertiary/aromatic N) is 3. The van der Waals surface area contributed by atoms with Gasteiger partial charge in [0.2, 0.25) is 0 Å². The monoisotopic (exact) mass is 266 g/mol. The number of hydrogen-bond donors (Lipinski definition) is 3. The van der Waals surface area contributed by atoms with Crippen LogP contribution in [0.15, 0.2) is 24.3 Å². The van der Waals surface area contributed by atoms with Gasteiger partial charge in [0.25, 0.3) is 0 Å². The third-order valence-corrected chi connectivity index (χ3v) is 2.74. The summed E-state index contributed by atoms with van der Waals surface area (Å²) in [6.07, 6.45) is 0.687. The molecule has 0 amide bonds. The van der Waals surface area contributed by atoms with E-state index in [0.29, 0.717) is 18.1 Å². The number of hydrogen-bond acceptors (Lipinski definition) is 5. The Hall–Kier alpha value is -1.66. The Morgan fingerprint density at radius 2 is 2.11 bits per heavy atom. The summed E-state index contributed by atoms with van der Waals surface area (Å²) in [6, 6.07) is 7.85. The molecule has 4 N–H and O–H groups in total. The van der Waals surface area contributed by atoms with Crippen LogP contribution in [0.25, 0.3) is 0 Å². The van der Waals surface area contributed by atoms with Crippen LogP contribution in [0.5, 0.6) is 0 Å². The van der Waals surface area contributed by atoms with Gasteiger partial charge >= 0.3 is 0 Å². The molecule has 0 fully saturated rings. The fraction of sp³-hybridized carbons (Fsp3) is 0.364. The van der Waals surface area contributed by atoms with Crippen LogP contribution < -0.4 is 11.1 Å². The highest BCUT2D eigenvalue weighted by atomic mass is 35.5. The molecule has 0 spiro atoms. The molecule has 0 saturated heterocycles. The molecule has 0 aliphatic heterocycles. The van der Waals surface area contributed by atoms with Gasteiger partial charge in [-0.15, -0.1) is 16.7 Å². The van der Waals surface area contributed by atoms with E-state index in [1.165, 1.54) is 0 Å². The zero-order valence-corrected chi connectivity index (χ0v) is 10.6. The second kappa shape index (κ2) is 6.32. The summed E-state index contributed by atoms with van der Waals surface area (Å²) in [6.45, 7) is 0.754. The summed E-state index contributed by atoms with van der Waals surface area (Å²) >= 11 is 5.61. The minimum atomic E-state index is -0.221. The number of H-pyrrole nitrogens is 1. The smallest absolute Gasteiger partial charge is 0.165 e. The lowest BCUT2D eigenvalue weighted by atomic mass is 10.1. The molecule has 0 aliphatic rings. The van der Waals surface area contributed by atoms with Gasteiger partial charge < -0.3 is 11.1 Å². The first-order valence-corrected chi connectivity index (χ1v) is 6.21. The molecule has 96 valence electrons. The van der Waals surface area contributed by atoms with Gasteiger partial charge in [0.15, 0.2) is 5.82 Å². The lowest BCUT2D eigenvalue weighted by Gasteiger charge is -2.09. The molecule has 7 heteroatoms.